The van der Waals surface area contributed by atoms with E-state index in [9.17, 15) is 19.7 Å². The number of hydrogen-bond acceptors (Lipinski definition) is 5. The second-order valence-corrected chi connectivity index (χ2v) is 6.58. The molecule has 1 amide bonds. The van der Waals surface area contributed by atoms with Gasteiger partial charge in [0.2, 0.25) is 0 Å². The van der Waals surface area contributed by atoms with E-state index in [1.165, 1.54) is 13.0 Å². The van der Waals surface area contributed by atoms with Crippen molar-refractivity contribution in [3.8, 4) is 0 Å². The lowest BCUT2D eigenvalue weighted by Gasteiger charge is -2.31. The molecule has 1 atom stereocenters. The Hall–Kier alpha value is -2.64. The summed E-state index contributed by atoms with van der Waals surface area (Å²) in [5, 5.41) is 22.8. The molecule has 0 saturated carbocycles. The smallest absolute Gasteiger partial charge is 0.308 e. The fourth-order valence-corrected chi connectivity index (χ4v) is 2.76. The minimum atomic E-state index is -1.01. The number of carboxylic acid groups (broad SMARTS) is 1. The molecule has 0 radical (unpaired) electrons. The highest BCUT2D eigenvalue weighted by atomic mass is 16.6. The molecule has 1 saturated heterocycles. The molecule has 1 fully saturated rings. The van der Waals surface area contributed by atoms with Crippen LogP contribution < -0.4 is 10.2 Å². The number of nitro benzene ring substituents is 1. The van der Waals surface area contributed by atoms with E-state index in [4.69, 9.17) is 5.11 Å². The van der Waals surface area contributed by atoms with Crippen LogP contribution in [0.25, 0.3) is 0 Å². The van der Waals surface area contributed by atoms with E-state index in [-0.39, 0.29) is 17.8 Å². The number of carbonyl (C=O) groups excluding carboxylic acids is 1. The van der Waals surface area contributed by atoms with Crippen LogP contribution >= 0.6 is 0 Å². The fourth-order valence-electron chi connectivity index (χ4n) is 2.76. The third-order valence-corrected chi connectivity index (χ3v) is 4.55. The predicted octanol–water partition coefficient (Wildman–Crippen LogP) is 2.28. The summed E-state index contributed by atoms with van der Waals surface area (Å²) in [5.74, 6) is -1.65. The Balaban J connectivity index is 2.16. The molecule has 1 aliphatic rings. The molecule has 136 valence electrons. The van der Waals surface area contributed by atoms with Gasteiger partial charge in [0.15, 0.2) is 0 Å². The van der Waals surface area contributed by atoms with Gasteiger partial charge < -0.3 is 15.3 Å². The maximum absolute atomic E-state index is 12.1. The van der Waals surface area contributed by atoms with Crippen LogP contribution in [0.1, 0.15) is 37.0 Å². The predicted molar refractivity (Wildman–Crippen MR) is 92.8 cm³/mol. The number of nitro groups is 1. The molecular weight excluding hydrogens is 326 g/mol. The highest BCUT2D eigenvalue weighted by Crippen LogP contribution is 2.32. The van der Waals surface area contributed by atoms with E-state index in [0.29, 0.717) is 11.6 Å². The van der Waals surface area contributed by atoms with Crippen molar-refractivity contribution in [2.75, 3.05) is 24.5 Å². The van der Waals surface area contributed by atoms with Gasteiger partial charge in [-0.1, -0.05) is 13.8 Å². The first kappa shape index (κ1) is 18.7. The molecule has 2 N–H and O–H groups in total. The van der Waals surface area contributed by atoms with Crippen molar-refractivity contribution in [2.24, 2.45) is 11.8 Å². The van der Waals surface area contributed by atoms with Gasteiger partial charge in [-0.3, -0.25) is 19.7 Å². The number of anilines is 1. The van der Waals surface area contributed by atoms with Gasteiger partial charge in [0.1, 0.15) is 5.69 Å². The van der Waals surface area contributed by atoms with Gasteiger partial charge in [-0.25, -0.2) is 0 Å². The Kier molecular flexibility index (Phi) is 5.95. The van der Waals surface area contributed by atoms with Crippen molar-refractivity contribution >= 4 is 23.3 Å². The van der Waals surface area contributed by atoms with E-state index in [1.54, 1.807) is 12.1 Å². The van der Waals surface area contributed by atoms with Crippen LogP contribution in [0.3, 0.4) is 0 Å². The molecule has 1 aromatic carbocycles. The van der Waals surface area contributed by atoms with Crippen LogP contribution in [0.15, 0.2) is 18.2 Å². The number of carbonyl (C=O) groups is 2. The number of rotatable bonds is 6. The third-order valence-electron chi connectivity index (χ3n) is 4.55. The van der Waals surface area contributed by atoms with Gasteiger partial charge in [0.25, 0.3) is 11.6 Å². The number of nitrogens with zero attached hydrogens (tertiary/aromatic N) is 2. The zero-order valence-corrected chi connectivity index (χ0v) is 14.4. The molecule has 1 aliphatic heterocycles. The van der Waals surface area contributed by atoms with Gasteiger partial charge >= 0.3 is 5.97 Å². The summed E-state index contributed by atoms with van der Waals surface area (Å²) in [6.45, 7) is 5.11. The van der Waals surface area contributed by atoms with Gasteiger partial charge in [0, 0.05) is 31.3 Å². The van der Waals surface area contributed by atoms with Crippen molar-refractivity contribution in [1.29, 1.82) is 0 Å². The number of nitrogens with one attached hydrogen (secondary N) is 1. The van der Waals surface area contributed by atoms with Gasteiger partial charge in [-0.2, -0.15) is 0 Å². The fraction of sp³-hybridized carbons (Fsp3) is 0.529. The van der Waals surface area contributed by atoms with Crippen molar-refractivity contribution in [3.63, 3.8) is 0 Å². The quantitative estimate of drug-likeness (QED) is 0.602. The average Bonchev–Trinajstić information content (AvgIpc) is 2.59. The highest BCUT2D eigenvalue weighted by Gasteiger charge is 2.25. The monoisotopic (exact) mass is 349 g/mol. The summed E-state index contributed by atoms with van der Waals surface area (Å²) in [6.07, 6.45) is 1.96. The van der Waals surface area contributed by atoms with Crippen molar-refractivity contribution in [1.82, 2.24) is 5.32 Å². The van der Waals surface area contributed by atoms with E-state index in [0.717, 1.165) is 25.9 Å². The SMILES string of the molecule is CC1CCN(c2ccc(C(=O)NCC(C)C(=O)O)cc2[N+](=O)[O-])CC1. The van der Waals surface area contributed by atoms with Gasteiger partial charge in [0.05, 0.1) is 10.8 Å². The van der Waals surface area contributed by atoms with Gasteiger partial charge in [-0.15, -0.1) is 0 Å². The molecule has 0 bridgehead atoms. The Morgan fingerprint density at radius 1 is 1.40 bits per heavy atom. The molecule has 1 heterocycles. The minimum Gasteiger partial charge on any atom is -0.481 e. The molecule has 1 unspecified atom stereocenters. The van der Waals surface area contributed by atoms with Crippen molar-refractivity contribution < 1.29 is 19.6 Å². The summed E-state index contributed by atoms with van der Waals surface area (Å²) in [6, 6.07) is 4.40. The van der Waals surface area contributed by atoms with E-state index in [2.05, 4.69) is 12.2 Å². The number of carboxylic acids is 1. The molecule has 2 rings (SSSR count). The lowest BCUT2D eigenvalue weighted by Crippen LogP contribution is -2.33. The lowest BCUT2D eigenvalue weighted by atomic mass is 9.98. The zero-order valence-electron chi connectivity index (χ0n) is 14.4. The topological polar surface area (TPSA) is 113 Å². The minimum absolute atomic E-state index is 0.0340. The summed E-state index contributed by atoms with van der Waals surface area (Å²) in [4.78, 5) is 35.9. The summed E-state index contributed by atoms with van der Waals surface area (Å²) in [7, 11) is 0. The van der Waals surface area contributed by atoms with Crippen molar-refractivity contribution in [3.05, 3.63) is 33.9 Å². The first-order valence-corrected chi connectivity index (χ1v) is 8.34. The second kappa shape index (κ2) is 7.96. The van der Waals surface area contributed by atoms with Crippen LogP contribution in [-0.4, -0.2) is 41.5 Å². The third kappa shape index (κ3) is 4.68. The standard InChI is InChI=1S/C17H23N3O5/c1-11-5-7-19(8-6-11)14-4-3-13(9-15(14)20(24)25)16(21)18-10-12(2)17(22)23/h3-4,9,11-12H,5-8,10H2,1-2H3,(H,18,21)(H,22,23). The van der Waals surface area contributed by atoms with E-state index < -0.39 is 22.7 Å². The molecule has 8 heteroatoms. The van der Waals surface area contributed by atoms with Crippen LogP contribution in [0, 0.1) is 22.0 Å². The second-order valence-electron chi connectivity index (χ2n) is 6.58. The summed E-state index contributed by atoms with van der Waals surface area (Å²) < 4.78 is 0. The normalized spacial score (nSPS) is 16.3. The van der Waals surface area contributed by atoms with Crippen LogP contribution in [0.4, 0.5) is 11.4 Å². The first-order chi connectivity index (χ1) is 11.8. The van der Waals surface area contributed by atoms with E-state index >= 15 is 0 Å². The number of hydrogen-bond donors (Lipinski definition) is 2. The molecule has 0 aromatic heterocycles. The number of amides is 1. The maximum Gasteiger partial charge on any atom is 0.308 e. The average molecular weight is 349 g/mol. The Morgan fingerprint density at radius 3 is 2.60 bits per heavy atom. The largest absolute Gasteiger partial charge is 0.481 e. The van der Waals surface area contributed by atoms with Crippen molar-refractivity contribution in [2.45, 2.75) is 26.7 Å². The zero-order chi connectivity index (χ0) is 18.6. The lowest BCUT2D eigenvalue weighted by molar-refractivity contribution is -0.384. The Morgan fingerprint density at radius 2 is 2.04 bits per heavy atom. The first-order valence-electron chi connectivity index (χ1n) is 8.34. The van der Waals surface area contributed by atoms with Crippen LogP contribution in [0.5, 0.6) is 0 Å². The Labute approximate surface area is 146 Å². The molecule has 25 heavy (non-hydrogen) atoms. The number of benzene rings is 1. The molecule has 0 aliphatic carbocycles. The highest BCUT2D eigenvalue weighted by molar-refractivity contribution is 5.96. The number of piperidine rings is 1. The summed E-state index contributed by atoms with van der Waals surface area (Å²) in [5.41, 5.74) is 0.569. The molecule has 8 nitrogen and oxygen atoms in total. The molecule has 1 aromatic rings. The van der Waals surface area contributed by atoms with E-state index in [1.807, 2.05) is 4.90 Å². The number of aliphatic carboxylic acids is 1. The van der Waals surface area contributed by atoms with Gasteiger partial charge in [-0.05, 0) is 30.9 Å². The maximum atomic E-state index is 12.1. The molecular formula is C17H23N3O5. The molecule has 0 spiro atoms. The van der Waals surface area contributed by atoms with Crippen LogP contribution in [-0.2, 0) is 4.79 Å². The van der Waals surface area contributed by atoms with Crippen LogP contribution in [0.2, 0.25) is 0 Å². The summed E-state index contributed by atoms with van der Waals surface area (Å²) >= 11 is 0. The Bertz CT molecular complexity index is 668.